The molecule has 1 N–H and O–H groups in total. The predicted octanol–water partition coefficient (Wildman–Crippen LogP) is 4.61. The fourth-order valence-electron chi connectivity index (χ4n) is 2.37. The normalized spacial score (nSPS) is 10.7. The van der Waals surface area contributed by atoms with E-state index in [1.54, 1.807) is 6.08 Å². The second-order valence-corrected chi connectivity index (χ2v) is 5.22. The molecule has 0 spiro atoms. The molecule has 2 heteroatoms. The van der Waals surface area contributed by atoms with Gasteiger partial charge in [-0.3, -0.25) is 0 Å². The van der Waals surface area contributed by atoms with E-state index in [0.717, 1.165) is 28.8 Å². The Labute approximate surface area is 138 Å². The first kappa shape index (κ1) is 16.3. The van der Waals surface area contributed by atoms with Crippen LogP contribution in [-0.4, -0.2) is 7.05 Å². The van der Waals surface area contributed by atoms with Crippen LogP contribution >= 0.6 is 0 Å². The molecule has 0 saturated heterocycles. The van der Waals surface area contributed by atoms with Crippen LogP contribution in [0.1, 0.15) is 11.1 Å². The standard InChI is InChI=1S/C21H20N2/c1-4-6-20(16(2)23-3)13-17-9-11-19(12-10-17)21-8-5-7-18(14-21)15-22/h4-12,14,23H,1-2,13H2,3H3/b20-6-. The van der Waals surface area contributed by atoms with Crippen LogP contribution in [0.15, 0.2) is 85.1 Å². The molecule has 2 aromatic carbocycles. The summed E-state index contributed by atoms with van der Waals surface area (Å²) in [5.74, 6) is 0. The van der Waals surface area contributed by atoms with Crippen LogP contribution in [0.3, 0.4) is 0 Å². The smallest absolute Gasteiger partial charge is 0.0991 e. The fraction of sp³-hybridized carbons (Fsp3) is 0.0952. The van der Waals surface area contributed by atoms with Crippen LogP contribution < -0.4 is 5.32 Å². The molecule has 2 nitrogen and oxygen atoms in total. The highest BCUT2D eigenvalue weighted by Crippen LogP contribution is 2.22. The van der Waals surface area contributed by atoms with Gasteiger partial charge in [0.2, 0.25) is 0 Å². The number of nitrogens with one attached hydrogen (secondary N) is 1. The van der Waals surface area contributed by atoms with Crippen molar-refractivity contribution in [2.24, 2.45) is 0 Å². The van der Waals surface area contributed by atoms with Gasteiger partial charge in [-0.05, 0) is 40.8 Å². The summed E-state index contributed by atoms with van der Waals surface area (Å²) in [5, 5.41) is 12.1. The van der Waals surface area contributed by atoms with E-state index in [1.165, 1.54) is 5.56 Å². The summed E-state index contributed by atoms with van der Waals surface area (Å²) in [4.78, 5) is 0. The van der Waals surface area contributed by atoms with E-state index in [1.807, 2.05) is 37.4 Å². The molecule has 0 saturated carbocycles. The van der Waals surface area contributed by atoms with E-state index in [0.29, 0.717) is 5.56 Å². The molecule has 0 heterocycles. The molecule has 0 unspecified atom stereocenters. The van der Waals surface area contributed by atoms with Gasteiger partial charge in [0, 0.05) is 12.7 Å². The van der Waals surface area contributed by atoms with Gasteiger partial charge in [0.15, 0.2) is 0 Å². The van der Waals surface area contributed by atoms with Gasteiger partial charge in [-0.2, -0.15) is 5.26 Å². The topological polar surface area (TPSA) is 35.8 Å². The van der Waals surface area contributed by atoms with Gasteiger partial charge in [-0.25, -0.2) is 0 Å². The lowest BCUT2D eigenvalue weighted by Gasteiger charge is -2.11. The molecule has 2 aromatic rings. The van der Waals surface area contributed by atoms with Crippen LogP contribution in [0.2, 0.25) is 0 Å². The zero-order valence-corrected chi connectivity index (χ0v) is 13.3. The van der Waals surface area contributed by atoms with Crippen LogP contribution in [0, 0.1) is 11.3 Å². The van der Waals surface area contributed by atoms with E-state index in [2.05, 4.69) is 48.8 Å². The summed E-state index contributed by atoms with van der Waals surface area (Å²) in [6.45, 7) is 7.77. The molecule has 114 valence electrons. The first-order chi connectivity index (χ1) is 11.2. The minimum atomic E-state index is 0.674. The molecule has 0 aliphatic rings. The first-order valence-corrected chi connectivity index (χ1v) is 7.46. The number of hydrogen-bond acceptors (Lipinski definition) is 2. The molecule has 2 rings (SSSR count). The van der Waals surface area contributed by atoms with E-state index >= 15 is 0 Å². The summed E-state index contributed by atoms with van der Waals surface area (Å²) >= 11 is 0. The summed E-state index contributed by atoms with van der Waals surface area (Å²) in [5.41, 5.74) is 6.05. The zero-order valence-electron chi connectivity index (χ0n) is 13.3. The lowest BCUT2D eigenvalue weighted by atomic mass is 9.98. The average molecular weight is 300 g/mol. The summed E-state index contributed by atoms with van der Waals surface area (Å²) in [6.07, 6.45) is 4.55. The van der Waals surface area contributed by atoms with Crippen molar-refractivity contribution in [2.75, 3.05) is 7.05 Å². The Morgan fingerprint density at radius 2 is 1.91 bits per heavy atom. The van der Waals surface area contributed by atoms with E-state index < -0.39 is 0 Å². The molecule has 0 radical (unpaired) electrons. The average Bonchev–Trinajstić information content (AvgIpc) is 2.61. The van der Waals surface area contributed by atoms with Gasteiger partial charge in [-0.1, -0.05) is 61.7 Å². The third-order valence-corrected chi connectivity index (χ3v) is 3.68. The van der Waals surface area contributed by atoms with Gasteiger partial charge >= 0.3 is 0 Å². The van der Waals surface area contributed by atoms with E-state index in [-0.39, 0.29) is 0 Å². The minimum Gasteiger partial charge on any atom is -0.388 e. The summed E-state index contributed by atoms with van der Waals surface area (Å²) in [7, 11) is 1.87. The van der Waals surface area contributed by atoms with Crippen molar-refractivity contribution in [3.63, 3.8) is 0 Å². The Morgan fingerprint density at radius 1 is 1.17 bits per heavy atom. The minimum absolute atomic E-state index is 0.674. The Morgan fingerprint density at radius 3 is 2.52 bits per heavy atom. The highest BCUT2D eigenvalue weighted by atomic mass is 14.8. The third kappa shape index (κ3) is 4.21. The number of hydrogen-bond donors (Lipinski definition) is 1. The van der Waals surface area contributed by atoms with E-state index in [4.69, 9.17) is 5.26 Å². The van der Waals surface area contributed by atoms with Gasteiger partial charge < -0.3 is 5.32 Å². The summed E-state index contributed by atoms with van der Waals surface area (Å²) in [6, 6.07) is 18.2. The molecule has 0 atom stereocenters. The second kappa shape index (κ2) is 7.82. The van der Waals surface area contributed by atoms with Crippen molar-refractivity contribution in [1.29, 1.82) is 5.26 Å². The maximum atomic E-state index is 9.00. The van der Waals surface area contributed by atoms with Crippen molar-refractivity contribution < 1.29 is 0 Å². The first-order valence-electron chi connectivity index (χ1n) is 7.46. The molecule has 0 bridgehead atoms. The van der Waals surface area contributed by atoms with Crippen molar-refractivity contribution in [3.05, 3.63) is 96.2 Å². The maximum Gasteiger partial charge on any atom is 0.0991 e. The highest BCUT2D eigenvalue weighted by molar-refractivity contribution is 5.65. The molecule has 0 amide bonds. The Bertz CT molecular complexity index is 774. The molecular formula is C21H20N2. The van der Waals surface area contributed by atoms with E-state index in [9.17, 15) is 0 Å². The van der Waals surface area contributed by atoms with Gasteiger partial charge in [0.05, 0.1) is 11.6 Å². The number of allylic oxidation sites excluding steroid dienone is 3. The summed E-state index contributed by atoms with van der Waals surface area (Å²) < 4.78 is 0. The van der Waals surface area contributed by atoms with Crippen molar-refractivity contribution in [3.8, 4) is 17.2 Å². The van der Waals surface area contributed by atoms with Crippen LogP contribution in [0.25, 0.3) is 11.1 Å². The van der Waals surface area contributed by atoms with Crippen molar-refractivity contribution in [2.45, 2.75) is 6.42 Å². The van der Waals surface area contributed by atoms with Crippen LogP contribution in [0.4, 0.5) is 0 Å². The Kier molecular flexibility index (Phi) is 5.55. The molecule has 0 aliphatic heterocycles. The van der Waals surface area contributed by atoms with Crippen molar-refractivity contribution in [1.82, 2.24) is 5.32 Å². The molecular weight excluding hydrogens is 280 g/mol. The SMILES string of the molecule is C=C/C=C(/Cc1ccc(-c2cccc(C#N)c2)cc1)C(=C)NC. The molecule has 0 fully saturated rings. The van der Waals surface area contributed by atoms with Crippen molar-refractivity contribution >= 4 is 0 Å². The predicted molar refractivity (Wildman–Crippen MR) is 96.8 cm³/mol. The molecule has 23 heavy (non-hydrogen) atoms. The quantitative estimate of drug-likeness (QED) is 0.791. The number of benzene rings is 2. The monoisotopic (exact) mass is 300 g/mol. The second-order valence-electron chi connectivity index (χ2n) is 5.22. The highest BCUT2D eigenvalue weighted by Gasteiger charge is 2.04. The third-order valence-electron chi connectivity index (χ3n) is 3.68. The number of rotatable bonds is 6. The van der Waals surface area contributed by atoms with Crippen LogP contribution in [-0.2, 0) is 6.42 Å². The number of nitrogens with zero attached hydrogens (tertiary/aromatic N) is 1. The Balaban J connectivity index is 2.22. The van der Waals surface area contributed by atoms with Crippen LogP contribution in [0.5, 0.6) is 0 Å². The molecule has 0 aromatic heterocycles. The number of nitriles is 1. The Hall–Kier alpha value is -3.05. The lowest BCUT2D eigenvalue weighted by molar-refractivity contribution is 0.973. The van der Waals surface area contributed by atoms with Gasteiger partial charge in [0.25, 0.3) is 0 Å². The fourth-order valence-corrected chi connectivity index (χ4v) is 2.37. The van der Waals surface area contributed by atoms with Gasteiger partial charge in [0.1, 0.15) is 0 Å². The van der Waals surface area contributed by atoms with Gasteiger partial charge in [-0.15, -0.1) is 0 Å². The maximum absolute atomic E-state index is 9.00. The zero-order chi connectivity index (χ0) is 16.7. The lowest BCUT2D eigenvalue weighted by Crippen LogP contribution is -2.08. The largest absolute Gasteiger partial charge is 0.388 e. The number of likely N-dealkylation sites (N-methyl/N-ethyl adjacent to an activating group) is 1. The molecule has 0 aliphatic carbocycles.